The molecule has 2 aromatic heterocycles. The van der Waals surface area contributed by atoms with Gasteiger partial charge in [-0.1, -0.05) is 0 Å². The first kappa shape index (κ1) is 19.5. The number of hydrogen-bond donors (Lipinski definition) is 1. The number of aromatic nitrogens is 3. The lowest BCUT2D eigenvalue weighted by Crippen LogP contribution is -2.42. The molecule has 8 nitrogen and oxygen atoms in total. The Hall–Kier alpha value is -2.45. The van der Waals surface area contributed by atoms with Gasteiger partial charge in [0.05, 0.1) is 18.9 Å². The third-order valence-electron chi connectivity index (χ3n) is 6.56. The van der Waals surface area contributed by atoms with Crippen LogP contribution >= 0.6 is 0 Å². The van der Waals surface area contributed by atoms with Gasteiger partial charge in [-0.2, -0.15) is 5.10 Å². The van der Waals surface area contributed by atoms with Gasteiger partial charge >= 0.3 is 0 Å². The van der Waals surface area contributed by atoms with E-state index in [0.717, 1.165) is 56.2 Å². The maximum Gasteiger partial charge on any atom is 0.263 e. The van der Waals surface area contributed by atoms with Gasteiger partial charge in [-0.3, -0.25) is 19.6 Å². The monoisotopic (exact) mass is 411 g/mol. The Bertz CT molecular complexity index is 1000. The molecule has 0 spiro atoms. The number of H-pyrrole nitrogens is 1. The molecule has 160 valence electrons. The number of pyridine rings is 1. The van der Waals surface area contributed by atoms with E-state index in [2.05, 4.69) is 15.1 Å². The van der Waals surface area contributed by atoms with Crippen molar-refractivity contribution in [3.63, 3.8) is 0 Å². The fraction of sp³-hybridized carbons (Fsp3) is 0.591. The van der Waals surface area contributed by atoms with E-state index in [1.165, 1.54) is 18.4 Å². The van der Waals surface area contributed by atoms with Crippen LogP contribution in [-0.4, -0.2) is 69.9 Å². The standard InChI is InChI=1S/C22H29N5O3/c1-15-4-6-26(9-8-25-10-12-30-13-11-25)21(28)19(15)22(29)27-7-5-18-17(14-27)20(24-23-18)16-2-3-16/h4,6,16H,2-3,5,7-14H2,1H3,(H,23,24). The first-order valence-corrected chi connectivity index (χ1v) is 11.0. The van der Waals surface area contributed by atoms with Crippen molar-refractivity contribution in [2.45, 2.75) is 45.2 Å². The number of nitrogens with one attached hydrogen (secondary N) is 1. The van der Waals surface area contributed by atoms with Gasteiger partial charge in [-0.05, 0) is 31.4 Å². The van der Waals surface area contributed by atoms with Crippen molar-refractivity contribution in [3.05, 3.63) is 50.7 Å². The minimum absolute atomic E-state index is 0.160. The summed E-state index contributed by atoms with van der Waals surface area (Å²) in [5, 5.41) is 7.66. The third kappa shape index (κ3) is 3.70. The molecule has 5 rings (SSSR count). The van der Waals surface area contributed by atoms with Crippen LogP contribution in [-0.2, 0) is 24.2 Å². The van der Waals surface area contributed by atoms with E-state index < -0.39 is 0 Å². The van der Waals surface area contributed by atoms with Crippen LogP contribution in [0.1, 0.15) is 51.6 Å². The quantitative estimate of drug-likeness (QED) is 0.802. The van der Waals surface area contributed by atoms with Crippen molar-refractivity contribution in [2.24, 2.45) is 0 Å². The molecule has 1 aliphatic carbocycles. The van der Waals surface area contributed by atoms with Crippen LogP contribution in [0, 0.1) is 6.92 Å². The van der Waals surface area contributed by atoms with Crippen molar-refractivity contribution in [2.75, 3.05) is 39.4 Å². The van der Waals surface area contributed by atoms with Gasteiger partial charge in [0.2, 0.25) is 0 Å². The van der Waals surface area contributed by atoms with Crippen LogP contribution < -0.4 is 5.56 Å². The van der Waals surface area contributed by atoms with E-state index in [0.29, 0.717) is 31.1 Å². The lowest BCUT2D eigenvalue weighted by atomic mass is 10.0. The highest BCUT2D eigenvalue weighted by Crippen LogP contribution is 2.42. The Morgan fingerprint density at radius 3 is 2.80 bits per heavy atom. The topological polar surface area (TPSA) is 83.5 Å². The molecule has 1 N–H and O–H groups in total. The summed E-state index contributed by atoms with van der Waals surface area (Å²) >= 11 is 0. The fourth-order valence-electron chi connectivity index (χ4n) is 4.52. The third-order valence-corrected chi connectivity index (χ3v) is 6.56. The number of amides is 1. The van der Waals surface area contributed by atoms with Gasteiger partial charge in [-0.15, -0.1) is 0 Å². The lowest BCUT2D eigenvalue weighted by Gasteiger charge is -2.28. The van der Waals surface area contributed by atoms with Crippen molar-refractivity contribution >= 4 is 5.91 Å². The van der Waals surface area contributed by atoms with E-state index in [4.69, 9.17) is 4.74 Å². The second kappa shape index (κ2) is 8.00. The maximum atomic E-state index is 13.4. The summed E-state index contributed by atoms with van der Waals surface area (Å²) in [6.07, 6.45) is 4.93. The Labute approximate surface area is 175 Å². The molecular weight excluding hydrogens is 382 g/mol. The highest BCUT2D eigenvalue weighted by atomic mass is 16.5. The summed E-state index contributed by atoms with van der Waals surface area (Å²) in [6.45, 7) is 7.61. The van der Waals surface area contributed by atoms with Crippen LogP contribution in [0.4, 0.5) is 0 Å². The molecule has 1 saturated carbocycles. The maximum absolute atomic E-state index is 13.4. The molecule has 0 radical (unpaired) electrons. The number of aryl methyl sites for hydroxylation is 1. The zero-order valence-corrected chi connectivity index (χ0v) is 17.5. The Morgan fingerprint density at radius 1 is 1.23 bits per heavy atom. The molecule has 2 fully saturated rings. The van der Waals surface area contributed by atoms with E-state index in [1.54, 1.807) is 4.57 Å². The number of ether oxygens (including phenoxy) is 1. The van der Waals surface area contributed by atoms with E-state index in [1.807, 2.05) is 24.1 Å². The van der Waals surface area contributed by atoms with Gasteiger partial charge in [0.1, 0.15) is 5.56 Å². The summed E-state index contributed by atoms with van der Waals surface area (Å²) in [5.74, 6) is 0.378. The zero-order chi connectivity index (χ0) is 20.7. The van der Waals surface area contributed by atoms with E-state index in [9.17, 15) is 9.59 Å². The summed E-state index contributed by atoms with van der Waals surface area (Å²) in [6, 6.07) is 1.89. The first-order chi connectivity index (χ1) is 14.6. The normalized spacial score (nSPS) is 19.7. The second-order valence-electron chi connectivity index (χ2n) is 8.64. The van der Waals surface area contributed by atoms with Crippen LogP contribution in [0.25, 0.3) is 0 Å². The van der Waals surface area contributed by atoms with Gasteiger partial charge in [0.15, 0.2) is 0 Å². The molecule has 0 bridgehead atoms. The number of fused-ring (bicyclic) bond motifs is 1. The van der Waals surface area contributed by atoms with Gasteiger partial charge < -0.3 is 14.2 Å². The van der Waals surface area contributed by atoms with Gasteiger partial charge in [0, 0.05) is 69.1 Å². The first-order valence-electron chi connectivity index (χ1n) is 11.0. The van der Waals surface area contributed by atoms with Crippen LogP contribution in [0.3, 0.4) is 0 Å². The molecule has 0 atom stereocenters. The number of aromatic amines is 1. The molecule has 30 heavy (non-hydrogen) atoms. The lowest BCUT2D eigenvalue weighted by molar-refractivity contribution is 0.0362. The second-order valence-corrected chi connectivity index (χ2v) is 8.64. The smallest absolute Gasteiger partial charge is 0.263 e. The van der Waals surface area contributed by atoms with E-state index in [-0.39, 0.29) is 11.5 Å². The van der Waals surface area contributed by atoms with Crippen molar-refractivity contribution in [1.82, 2.24) is 24.6 Å². The number of nitrogens with zero attached hydrogens (tertiary/aromatic N) is 4. The summed E-state index contributed by atoms with van der Waals surface area (Å²) in [5.41, 5.74) is 4.29. The predicted octanol–water partition coefficient (Wildman–Crippen LogP) is 1.29. The van der Waals surface area contributed by atoms with E-state index >= 15 is 0 Å². The predicted molar refractivity (Wildman–Crippen MR) is 112 cm³/mol. The van der Waals surface area contributed by atoms with Gasteiger partial charge in [0.25, 0.3) is 11.5 Å². The summed E-state index contributed by atoms with van der Waals surface area (Å²) < 4.78 is 7.07. The minimum Gasteiger partial charge on any atom is -0.379 e. The van der Waals surface area contributed by atoms with Gasteiger partial charge in [-0.25, -0.2) is 0 Å². The fourth-order valence-corrected chi connectivity index (χ4v) is 4.52. The molecule has 1 amide bonds. The molecule has 4 heterocycles. The van der Waals surface area contributed by atoms with Crippen LogP contribution in [0.2, 0.25) is 0 Å². The molecule has 8 heteroatoms. The largest absolute Gasteiger partial charge is 0.379 e. The number of hydrogen-bond acceptors (Lipinski definition) is 5. The summed E-state index contributed by atoms with van der Waals surface area (Å²) in [7, 11) is 0. The van der Waals surface area contributed by atoms with Crippen LogP contribution in [0.5, 0.6) is 0 Å². The highest BCUT2D eigenvalue weighted by Gasteiger charge is 2.34. The molecule has 2 aliphatic heterocycles. The van der Waals surface area contributed by atoms with Crippen molar-refractivity contribution in [1.29, 1.82) is 0 Å². The molecule has 0 unspecified atom stereocenters. The number of carbonyl (C=O) groups is 1. The Morgan fingerprint density at radius 2 is 2.03 bits per heavy atom. The Kier molecular flexibility index (Phi) is 5.20. The van der Waals surface area contributed by atoms with Crippen molar-refractivity contribution < 1.29 is 9.53 Å². The number of carbonyl (C=O) groups excluding carboxylic acids is 1. The molecule has 3 aliphatic rings. The summed E-state index contributed by atoms with van der Waals surface area (Å²) in [4.78, 5) is 30.7. The van der Waals surface area contributed by atoms with Crippen LogP contribution in [0.15, 0.2) is 17.1 Å². The zero-order valence-electron chi connectivity index (χ0n) is 17.5. The molecular formula is C22H29N5O3. The average molecular weight is 412 g/mol. The molecule has 1 saturated heterocycles. The number of rotatable bonds is 5. The number of morpholine rings is 1. The highest BCUT2D eigenvalue weighted by molar-refractivity contribution is 5.95. The molecule has 0 aromatic carbocycles. The Balaban J connectivity index is 1.34. The SMILES string of the molecule is Cc1ccn(CCN2CCOCC2)c(=O)c1C(=O)N1CCc2[nH]nc(C3CC3)c2C1. The van der Waals surface area contributed by atoms with Crippen molar-refractivity contribution in [3.8, 4) is 0 Å². The minimum atomic E-state index is -0.186. The average Bonchev–Trinajstić information content (AvgIpc) is 3.52. The molecule has 2 aromatic rings.